The van der Waals surface area contributed by atoms with Crippen LogP contribution in [0.25, 0.3) is 11.4 Å². The van der Waals surface area contributed by atoms with E-state index in [0.29, 0.717) is 36.8 Å². The summed E-state index contributed by atoms with van der Waals surface area (Å²) in [5.41, 5.74) is 1.63. The number of carbonyl (C=O) groups is 1. The van der Waals surface area contributed by atoms with Crippen molar-refractivity contribution in [3.05, 3.63) is 58.8 Å². The molecule has 1 fully saturated rings. The molecular weight excluding hydrogens is 344 g/mol. The SMILES string of the molecule is Cn1ccnc1-c1ccc2n(c1=O)C[C@H]1C[C@@H]2CN(C(=O)c2ncc[nH]2)C1. The second kappa shape index (κ2) is 5.94. The van der Waals surface area contributed by atoms with Crippen molar-refractivity contribution in [1.82, 2.24) is 29.0 Å². The van der Waals surface area contributed by atoms with Gasteiger partial charge >= 0.3 is 0 Å². The predicted octanol–water partition coefficient (Wildman–Crippen LogP) is 1.23. The Balaban J connectivity index is 1.50. The lowest BCUT2D eigenvalue weighted by Crippen LogP contribution is -2.49. The summed E-state index contributed by atoms with van der Waals surface area (Å²) >= 11 is 0. The molecular formula is C19H20N6O2. The molecule has 2 aliphatic rings. The molecule has 27 heavy (non-hydrogen) atoms. The summed E-state index contributed by atoms with van der Waals surface area (Å²) < 4.78 is 3.74. The van der Waals surface area contributed by atoms with Gasteiger partial charge in [-0.25, -0.2) is 9.97 Å². The molecule has 5 rings (SSSR count). The Morgan fingerprint density at radius 3 is 2.81 bits per heavy atom. The molecule has 3 aromatic heterocycles. The number of hydrogen-bond donors (Lipinski definition) is 1. The molecule has 2 bridgehead atoms. The topological polar surface area (TPSA) is 88.8 Å². The highest BCUT2D eigenvalue weighted by Gasteiger charge is 2.37. The number of imidazole rings is 2. The largest absolute Gasteiger partial charge is 0.341 e. The highest BCUT2D eigenvalue weighted by Crippen LogP contribution is 2.36. The molecule has 1 amide bonds. The van der Waals surface area contributed by atoms with E-state index in [1.54, 1.807) is 18.6 Å². The van der Waals surface area contributed by atoms with Crippen LogP contribution in [0.2, 0.25) is 0 Å². The number of rotatable bonds is 2. The number of nitrogens with zero attached hydrogens (tertiary/aromatic N) is 5. The molecule has 0 radical (unpaired) electrons. The first-order valence-electron chi connectivity index (χ1n) is 9.12. The van der Waals surface area contributed by atoms with E-state index in [0.717, 1.165) is 12.1 Å². The van der Waals surface area contributed by atoms with E-state index in [1.807, 2.05) is 39.4 Å². The quantitative estimate of drug-likeness (QED) is 0.741. The fourth-order valence-electron chi connectivity index (χ4n) is 4.44. The molecule has 0 saturated carbocycles. The molecule has 1 saturated heterocycles. The summed E-state index contributed by atoms with van der Waals surface area (Å²) in [5.74, 6) is 1.41. The van der Waals surface area contributed by atoms with Crippen LogP contribution < -0.4 is 5.56 Å². The Labute approximate surface area is 155 Å². The van der Waals surface area contributed by atoms with Gasteiger partial charge in [-0.15, -0.1) is 0 Å². The summed E-state index contributed by atoms with van der Waals surface area (Å²) in [6, 6.07) is 3.89. The minimum atomic E-state index is -0.0740. The third-order valence-corrected chi connectivity index (χ3v) is 5.65. The van der Waals surface area contributed by atoms with Gasteiger partial charge in [-0.05, 0) is 24.5 Å². The Kier molecular flexibility index (Phi) is 3.53. The number of aromatic amines is 1. The monoisotopic (exact) mass is 364 g/mol. The number of carbonyl (C=O) groups excluding carboxylic acids is 1. The molecule has 0 aliphatic carbocycles. The molecule has 0 unspecified atom stereocenters. The van der Waals surface area contributed by atoms with Crippen molar-refractivity contribution in [3.8, 4) is 11.4 Å². The van der Waals surface area contributed by atoms with Crippen molar-refractivity contribution >= 4 is 5.91 Å². The van der Waals surface area contributed by atoms with E-state index < -0.39 is 0 Å². The number of amides is 1. The summed E-state index contributed by atoms with van der Waals surface area (Å²) in [5, 5.41) is 0. The second-order valence-electron chi connectivity index (χ2n) is 7.40. The predicted molar refractivity (Wildman–Crippen MR) is 98.2 cm³/mol. The summed E-state index contributed by atoms with van der Waals surface area (Å²) in [4.78, 5) is 38.9. The van der Waals surface area contributed by atoms with Gasteiger partial charge in [0.25, 0.3) is 11.5 Å². The van der Waals surface area contributed by atoms with Gasteiger partial charge in [0.05, 0.1) is 5.56 Å². The van der Waals surface area contributed by atoms with Crippen molar-refractivity contribution in [1.29, 1.82) is 0 Å². The maximum atomic E-state index is 13.1. The molecule has 2 atom stereocenters. The standard InChI is InChI=1S/C19H20N6O2/c1-23-7-6-22-17(23)14-2-3-15-13-8-12(10-25(15)18(14)26)9-24(11-13)19(27)16-20-4-5-21-16/h2-7,12-13H,8-11H2,1H3,(H,20,21)/t12-,13+/m0/s1. The number of piperidine rings is 1. The normalized spacial score (nSPS) is 21.1. The molecule has 138 valence electrons. The third-order valence-electron chi connectivity index (χ3n) is 5.65. The molecule has 1 N–H and O–H groups in total. The number of pyridine rings is 1. The number of fused-ring (bicyclic) bond motifs is 4. The molecule has 5 heterocycles. The van der Waals surface area contributed by atoms with Crippen LogP contribution in [0, 0.1) is 5.92 Å². The Hall–Kier alpha value is -3.16. The van der Waals surface area contributed by atoms with Crippen molar-refractivity contribution < 1.29 is 4.79 Å². The summed E-state index contributed by atoms with van der Waals surface area (Å²) in [6.45, 7) is 1.89. The maximum Gasteiger partial charge on any atom is 0.289 e. The van der Waals surface area contributed by atoms with Crippen molar-refractivity contribution in [3.63, 3.8) is 0 Å². The highest BCUT2D eigenvalue weighted by atomic mass is 16.2. The minimum absolute atomic E-state index is 0.00214. The molecule has 2 aliphatic heterocycles. The van der Waals surface area contributed by atoms with E-state index >= 15 is 0 Å². The molecule has 0 aromatic carbocycles. The Morgan fingerprint density at radius 2 is 2.07 bits per heavy atom. The number of hydrogen-bond acceptors (Lipinski definition) is 4. The maximum absolute atomic E-state index is 13.1. The lowest BCUT2D eigenvalue weighted by atomic mass is 9.83. The number of H-pyrrole nitrogens is 1. The van der Waals surface area contributed by atoms with Crippen LogP contribution in [0.15, 0.2) is 41.7 Å². The zero-order valence-electron chi connectivity index (χ0n) is 15.0. The highest BCUT2D eigenvalue weighted by molar-refractivity contribution is 5.90. The van der Waals surface area contributed by atoms with E-state index in [2.05, 4.69) is 15.0 Å². The molecule has 8 heteroatoms. The van der Waals surface area contributed by atoms with E-state index in [4.69, 9.17) is 0 Å². The van der Waals surface area contributed by atoms with Gasteiger partial charge in [0, 0.05) is 63.1 Å². The van der Waals surface area contributed by atoms with Crippen LogP contribution >= 0.6 is 0 Å². The van der Waals surface area contributed by atoms with Crippen molar-refractivity contribution in [2.75, 3.05) is 13.1 Å². The molecule has 3 aromatic rings. The number of likely N-dealkylation sites (tertiary alicyclic amines) is 1. The fraction of sp³-hybridized carbons (Fsp3) is 0.368. The fourth-order valence-corrected chi connectivity index (χ4v) is 4.44. The van der Waals surface area contributed by atoms with Gasteiger partial charge in [0.2, 0.25) is 0 Å². The van der Waals surface area contributed by atoms with Crippen molar-refractivity contribution in [2.45, 2.75) is 18.9 Å². The van der Waals surface area contributed by atoms with Crippen LogP contribution in [-0.4, -0.2) is 48.0 Å². The third kappa shape index (κ3) is 2.51. The van der Waals surface area contributed by atoms with Crippen LogP contribution in [0.1, 0.15) is 28.7 Å². The zero-order chi connectivity index (χ0) is 18.5. The van der Waals surface area contributed by atoms with Gasteiger partial charge in [-0.3, -0.25) is 9.59 Å². The minimum Gasteiger partial charge on any atom is -0.341 e. The summed E-state index contributed by atoms with van der Waals surface area (Å²) in [6.07, 6.45) is 7.79. The van der Waals surface area contributed by atoms with Crippen LogP contribution in [-0.2, 0) is 13.6 Å². The summed E-state index contributed by atoms with van der Waals surface area (Å²) in [7, 11) is 1.89. The second-order valence-corrected chi connectivity index (χ2v) is 7.40. The smallest absolute Gasteiger partial charge is 0.289 e. The lowest BCUT2D eigenvalue weighted by Gasteiger charge is -2.42. The molecule has 8 nitrogen and oxygen atoms in total. The van der Waals surface area contributed by atoms with E-state index in [-0.39, 0.29) is 23.3 Å². The van der Waals surface area contributed by atoms with Gasteiger partial charge in [-0.1, -0.05) is 0 Å². The Bertz CT molecular complexity index is 1060. The van der Waals surface area contributed by atoms with Crippen molar-refractivity contribution in [2.24, 2.45) is 13.0 Å². The average Bonchev–Trinajstić information content (AvgIpc) is 3.34. The van der Waals surface area contributed by atoms with Crippen LogP contribution in [0.5, 0.6) is 0 Å². The first-order chi connectivity index (χ1) is 13.1. The van der Waals surface area contributed by atoms with Gasteiger partial charge < -0.3 is 19.0 Å². The number of aromatic nitrogens is 5. The zero-order valence-corrected chi connectivity index (χ0v) is 15.0. The van der Waals surface area contributed by atoms with Crippen LogP contribution in [0.3, 0.4) is 0 Å². The van der Waals surface area contributed by atoms with E-state index in [1.165, 1.54) is 0 Å². The van der Waals surface area contributed by atoms with Crippen LogP contribution in [0.4, 0.5) is 0 Å². The number of nitrogens with one attached hydrogen (secondary N) is 1. The van der Waals surface area contributed by atoms with E-state index in [9.17, 15) is 9.59 Å². The van der Waals surface area contributed by atoms with Gasteiger partial charge in [-0.2, -0.15) is 0 Å². The Morgan fingerprint density at radius 1 is 1.19 bits per heavy atom. The molecule has 0 spiro atoms. The van der Waals surface area contributed by atoms with Gasteiger partial charge in [0.1, 0.15) is 5.82 Å². The first-order valence-corrected chi connectivity index (χ1v) is 9.12. The number of aryl methyl sites for hydroxylation is 1. The first kappa shape index (κ1) is 16.0. The average molecular weight is 364 g/mol. The lowest BCUT2D eigenvalue weighted by molar-refractivity contribution is 0.0583. The van der Waals surface area contributed by atoms with Gasteiger partial charge in [0.15, 0.2) is 5.82 Å².